The van der Waals surface area contributed by atoms with Gasteiger partial charge in [-0.15, -0.1) is 11.3 Å². The predicted molar refractivity (Wildman–Crippen MR) is 135 cm³/mol. The molecule has 0 aliphatic rings. The quantitative estimate of drug-likeness (QED) is 0.275. The first-order chi connectivity index (χ1) is 16.2. The van der Waals surface area contributed by atoms with Crippen LogP contribution in [-0.2, 0) is 38.5 Å². The Morgan fingerprint density at radius 2 is 1.33 bits per heavy atom. The highest BCUT2D eigenvalue weighted by molar-refractivity contribution is 7.09. The van der Waals surface area contributed by atoms with E-state index in [1.807, 2.05) is 24.5 Å². The Balaban J connectivity index is 1.22. The average Bonchev–Trinajstić information content (AvgIpc) is 3.32. The smallest absolute Gasteiger partial charge is 0.119 e. The van der Waals surface area contributed by atoms with Gasteiger partial charge < -0.3 is 4.74 Å². The Labute approximate surface area is 200 Å². The summed E-state index contributed by atoms with van der Waals surface area (Å²) in [6.45, 7) is 4.92. The van der Waals surface area contributed by atoms with E-state index in [9.17, 15) is 0 Å². The summed E-state index contributed by atoms with van der Waals surface area (Å²) in [5, 5.41) is 3.34. The van der Waals surface area contributed by atoms with E-state index in [4.69, 9.17) is 9.72 Å². The Kier molecular flexibility index (Phi) is 8.20. The van der Waals surface area contributed by atoms with E-state index in [0.29, 0.717) is 6.61 Å². The minimum atomic E-state index is 0.628. The Morgan fingerprint density at radius 1 is 0.697 bits per heavy atom. The van der Waals surface area contributed by atoms with Crippen molar-refractivity contribution in [3.8, 4) is 5.75 Å². The lowest BCUT2D eigenvalue weighted by molar-refractivity contribution is 0.320. The molecule has 4 aromatic rings. The maximum Gasteiger partial charge on any atom is 0.119 e. The molecular weight excluding hydrogens is 426 g/mol. The topological polar surface area (TPSA) is 47.9 Å². The molecule has 33 heavy (non-hydrogen) atoms. The fourth-order valence-corrected chi connectivity index (χ4v) is 4.39. The zero-order valence-corrected chi connectivity index (χ0v) is 20.3. The van der Waals surface area contributed by atoms with Crippen molar-refractivity contribution in [2.24, 2.45) is 0 Å². The molecule has 0 spiro atoms. The van der Waals surface area contributed by atoms with E-state index in [-0.39, 0.29) is 0 Å². The molecule has 0 aliphatic heterocycles. The highest BCUT2D eigenvalue weighted by Gasteiger charge is 2.06. The molecule has 0 aliphatic carbocycles. The zero-order chi connectivity index (χ0) is 22.9. The van der Waals surface area contributed by atoms with E-state index in [1.165, 1.54) is 21.7 Å². The molecule has 0 bridgehead atoms. The summed E-state index contributed by atoms with van der Waals surface area (Å²) in [6.07, 6.45) is 9.50. The third-order valence-corrected chi connectivity index (χ3v) is 6.68. The maximum atomic E-state index is 5.90. The number of pyridine rings is 2. The molecule has 0 atom stereocenters. The van der Waals surface area contributed by atoms with Crippen molar-refractivity contribution in [1.82, 2.24) is 15.0 Å². The summed E-state index contributed by atoms with van der Waals surface area (Å²) >= 11 is 1.74. The second-order valence-electron chi connectivity index (χ2n) is 8.17. The number of benzene rings is 1. The Morgan fingerprint density at radius 3 is 1.94 bits per heavy atom. The highest BCUT2D eigenvalue weighted by Crippen LogP contribution is 2.18. The van der Waals surface area contributed by atoms with Gasteiger partial charge in [-0.05, 0) is 60.2 Å². The first kappa shape index (κ1) is 23.1. The third-order valence-electron chi connectivity index (χ3n) is 5.72. The van der Waals surface area contributed by atoms with Gasteiger partial charge in [0.2, 0.25) is 0 Å². The molecule has 0 amide bonds. The van der Waals surface area contributed by atoms with Gasteiger partial charge in [-0.3, -0.25) is 9.97 Å². The van der Waals surface area contributed by atoms with Crippen LogP contribution in [0, 0.1) is 0 Å². The van der Waals surface area contributed by atoms with E-state index < -0.39 is 0 Å². The van der Waals surface area contributed by atoms with Crippen molar-refractivity contribution >= 4 is 11.3 Å². The Hall–Kier alpha value is -3.05. The predicted octanol–water partition coefficient (Wildman–Crippen LogP) is 6.06. The molecule has 0 N–H and O–H groups in total. The van der Waals surface area contributed by atoms with Crippen molar-refractivity contribution in [2.75, 3.05) is 6.61 Å². The van der Waals surface area contributed by atoms with Crippen molar-refractivity contribution in [3.05, 3.63) is 105 Å². The summed E-state index contributed by atoms with van der Waals surface area (Å²) in [6, 6.07) is 16.9. The number of aryl methyl sites for hydroxylation is 4. The van der Waals surface area contributed by atoms with Crippen molar-refractivity contribution in [3.63, 3.8) is 0 Å². The Bertz CT molecular complexity index is 1120. The van der Waals surface area contributed by atoms with E-state index in [1.54, 1.807) is 11.3 Å². The molecule has 4 rings (SSSR count). The van der Waals surface area contributed by atoms with Crippen molar-refractivity contribution in [2.45, 2.75) is 52.4 Å². The number of rotatable bonds is 11. The number of ether oxygens (including phenoxy) is 1. The van der Waals surface area contributed by atoms with Gasteiger partial charge in [-0.1, -0.05) is 38.1 Å². The largest absolute Gasteiger partial charge is 0.493 e. The zero-order valence-electron chi connectivity index (χ0n) is 19.5. The van der Waals surface area contributed by atoms with Crippen LogP contribution in [0.15, 0.2) is 66.3 Å². The molecule has 5 heteroatoms. The van der Waals surface area contributed by atoms with Crippen molar-refractivity contribution < 1.29 is 4.74 Å². The SMILES string of the molecule is CCc1ccc(CCOc2ccc(Cc3csc(CCc4ccc(CC)cn4)n3)cc2)nc1. The molecule has 0 unspecified atom stereocenters. The minimum Gasteiger partial charge on any atom is -0.493 e. The van der Waals surface area contributed by atoms with Gasteiger partial charge >= 0.3 is 0 Å². The molecule has 3 aromatic heterocycles. The molecular formula is C28H31N3OS. The van der Waals surface area contributed by atoms with Crippen LogP contribution in [0.25, 0.3) is 0 Å². The van der Waals surface area contributed by atoms with Gasteiger partial charge in [-0.25, -0.2) is 4.98 Å². The van der Waals surface area contributed by atoms with Crippen molar-refractivity contribution in [1.29, 1.82) is 0 Å². The molecule has 1 aromatic carbocycles. The number of aromatic nitrogens is 3. The molecule has 3 heterocycles. The van der Waals surface area contributed by atoms with Crippen LogP contribution in [0.3, 0.4) is 0 Å². The monoisotopic (exact) mass is 457 g/mol. The van der Waals surface area contributed by atoms with Gasteiger partial charge in [0, 0.05) is 48.4 Å². The van der Waals surface area contributed by atoms with Crippen LogP contribution in [-0.4, -0.2) is 21.6 Å². The lowest BCUT2D eigenvalue weighted by Crippen LogP contribution is -2.03. The van der Waals surface area contributed by atoms with Crippen LogP contribution in [0.2, 0.25) is 0 Å². The molecule has 170 valence electrons. The molecule has 0 fully saturated rings. The highest BCUT2D eigenvalue weighted by atomic mass is 32.1. The first-order valence-electron chi connectivity index (χ1n) is 11.7. The normalized spacial score (nSPS) is 11.0. The summed E-state index contributed by atoms with van der Waals surface area (Å²) in [4.78, 5) is 13.9. The van der Waals surface area contributed by atoms with Gasteiger partial charge in [-0.2, -0.15) is 0 Å². The average molecular weight is 458 g/mol. The van der Waals surface area contributed by atoms with Crippen LogP contribution in [0.4, 0.5) is 0 Å². The lowest BCUT2D eigenvalue weighted by atomic mass is 10.1. The van der Waals surface area contributed by atoms with Crippen LogP contribution >= 0.6 is 11.3 Å². The molecule has 4 nitrogen and oxygen atoms in total. The van der Waals surface area contributed by atoms with Crippen LogP contribution in [0.1, 0.15) is 52.6 Å². The number of hydrogen-bond acceptors (Lipinski definition) is 5. The first-order valence-corrected chi connectivity index (χ1v) is 12.6. The van der Waals surface area contributed by atoms with E-state index >= 15 is 0 Å². The second-order valence-corrected chi connectivity index (χ2v) is 9.12. The van der Waals surface area contributed by atoms with Gasteiger partial charge in [0.1, 0.15) is 5.75 Å². The number of thiazole rings is 1. The number of nitrogens with zero attached hydrogens (tertiary/aromatic N) is 3. The molecule has 0 radical (unpaired) electrons. The fraction of sp³-hybridized carbons (Fsp3) is 0.321. The van der Waals surface area contributed by atoms with E-state index in [2.05, 4.69) is 65.6 Å². The number of hydrogen-bond donors (Lipinski definition) is 0. The molecule has 0 saturated heterocycles. The summed E-state index contributed by atoms with van der Waals surface area (Å²) in [5.74, 6) is 0.893. The molecule has 0 saturated carbocycles. The summed E-state index contributed by atoms with van der Waals surface area (Å²) in [5.41, 5.74) is 7.12. The van der Waals surface area contributed by atoms with Gasteiger partial charge in [0.25, 0.3) is 0 Å². The van der Waals surface area contributed by atoms with E-state index in [0.717, 1.165) is 61.4 Å². The summed E-state index contributed by atoms with van der Waals surface area (Å²) in [7, 11) is 0. The third kappa shape index (κ3) is 6.96. The maximum absolute atomic E-state index is 5.90. The standard InChI is InChI=1S/C28H31N3OS/c1-3-21-5-9-24(29-18-21)11-14-28-31-26(20-33-28)17-23-7-12-27(13-8-23)32-16-15-25-10-6-22(4-2)19-30-25/h5-10,12-13,18-20H,3-4,11,14-17H2,1-2H3. The van der Waals surface area contributed by atoms with Gasteiger partial charge in [0.05, 0.1) is 17.3 Å². The second kappa shape index (κ2) is 11.7. The summed E-state index contributed by atoms with van der Waals surface area (Å²) < 4.78 is 5.90. The van der Waals surface area contributed by atoms with Crippen LogP contribution in [0.5, 0.6) is 5.75 Å². The van der Waals surface area contributed by atoms with Gasteiger partial charge in [0.15, 0.2) is 0 Å². The minimum absolute atomic E-state index is 0.628. The fourth-order valence-electron chi connectivity index (χ4n) is 3.59. The van der Waals surface area contributed by atoms with Crippen LogP contribution < -0.4 is 4.74 Å². The lowest BCUT2D eigenvalue weighted by Gasteiger charge is -2.07.